The van der Waals surface area contributed by atoms with Gasteiger partial charge >= 0.3 is 0 Å². The van der Waals surface area contributed by atoms with Crippen molar-refractivity contribution in [2.24, 2.45) is 0 Å². The van der Waals surface area contributed by atoms with Crippen LogP contribution in [0, 0.1) is 5.82 Å². The smallest absolute Gasteiger partial charge is 0.240 e. The average molecular weight is 443 g/mol. The summed E-state index contributed by atoms with van der Waals surface area (Å²) in [7, 11) is -3.75. The van der Waals surface area contributed by atoms with Crippen molar-refractivity contribution in [3.63, 3.8) is 0 Å². The Bertz CT molecular complexity index is 840. The molecule has 1 amide bonds. The molecule has 0 heterocycles. The van der Waals surface area contributed by atoms with Gasteiger partial charge in [0.25, 0.3) is 0 Å². The Morgan fingerprint density at radius 2 is 1.73 bits per heavy atom. The lowest BCUT2D eigenvalue weighted by Crippen LogP contribution is -2.36. The first-order valence-corrected chi connectivity index (χ1v) is 10.3. The van der Waals surface area contributed by atoms with Crippen LogP contribution in [0.3, 0.4) is 0 Å². The molecule has 2 rings (SSSR count). The van der Waals surface area contributed by atoms with E-state index in [1.807, 2.05) is 31.2 Å². The highest BCUT2D eigenvalue weighted by atomic mass is 79.9. The van der Waals surface area contributed by atoms with Crippen LogP contribution >= 0.6 is 15.9 Å². The molecule has 0 aliphatic carbocycles. The molecule has 0 spiro atoms. The minimum Gasteiger partial charge on any atom is -0.353 e. The number of benzene rings is 2. The van der Waals surface area contributed by atoms with Crippen LogP contribution in [0.1, 0.15) is 18.9 Å². The molecular formula is C18H20BrFN2O3S. The number of carbonyl (C=O) groups is 1. The molecule has 0 fully saturated rings. The summed E-state index contributed by atoms with van der Waals surface area (Å²) >= 11 is 3.37. The van der Waals surface area contributed by atoms with Crippen LogP contribution in [-0.2, 0) is 21.2 Å². The number of sulfonamides is 1. The molecule has 8 heteroatoms. The van der Waals surface area contributed by atoms with Gasteiger partial charge in [-0.3, -0.25) is 4.79 Å². The molecule has 0 radical (unpaired) electrons. The number of nitrogens with one attached hydrogen (secondary N) is 2. The van der Waals surface area contributed by atoms with Crippen LogP contribution in [0.15, 0.2) is 57.9 Å². The highest BCUT2D eigenvalue weighted by molar-refractivity contribution is 9.10. The zero-order chi connectivity index (χ0) is 19.2. The molecule has 0 aliphatic heterocycles. The van der Waals surface area contributed by atoms with Crippen LogP contribution in [0.5, 0.6) is 0 Å². The van der Waals surface area contributed by atoms with Gasteiger partial charge < -0.3 is 5.32 Å². The molecule has 0 aromatic heterocycles. The second-order valence-corrected chi connectivity index (χ2v) is 8.58. The molecule has 2 aromatic carbocycles. The second-order valence-electron chi connectivity index (χ2n) is 5.90. The van der Waals surface area contributed by atoms with E-state index in [2.05, 4.69) is 26.0 Å². The summed E-state index contributed by atoms with van der Waals surface area (Å²) in [4.78, 5) is 11.9. The fourth-order valence-electron chi connectivity index (χ4n) is 2.37. The maximum Gasteiger partial charge on any atom is 0.240 e. The van der Waals surface area contributed by atoms with E-state index >= 15 is 0 Å². The van der Waals surface area contributed by atoms with E-state index in [0.29, 0.717) is 6.42 Å². The molecule has 5 nitrogen and oxygen atoms in total. The molecule has 26 heavy (non-hydrogen) atoms. The number of amides is 1. The summed E-state index contributed by atoms with van der Waals surface area (Å²) in [5.74, 6) is -0.750. The molecule has 1 unspecified atom stereocenters. The van der Waals surface area contributed by atoms with Crippen molar-refractivity contribution in [1.82, 2.24) is 10.0 Å². The molecule has 0 aliphatic rings. The summed E-state index contributed by atoms with van der Waals surface area (Å²) in [5, 5.41) is 2.84. The van der Waals surface area contributed by atoms with E-state index in [0.717, 1.165) is 22.2 Å². The molecule has 2 N–H and O–H groups in total. The van der Waals surface area contributed by atoms with E-state index in [4.69, 9.17) is 0 Å². The second kappa shape index (κ2) is 9.25. The Morgan fingerprint density at radius 1 is 1.12 bits per heavy atom. The molecule has 2 aromatic rings. The van der Waals surface area contributed by atoms with E-state index in [-0.39, 0.29) is 29.8 Å². The van der Waals surface area contributed by atoms with Crippen molar-refractivity contribution < 1.29 is 17.6 Å². The Balaban J connectivity index is 1.77. The summed E-state index contributed by atoms with van der Waals surface area (Å²) in [6.45, 7) is 1.86. The van der Waals surface area contributed by atoms with Crippen molar-refractivity contribution in [2.45, 2.75) is 30.7 Å². The Morgan fingerprint density at radius 3 is 2.35 bits per heavy atom. The average Bonchev–Trinajstić information content (AvgIpc) is 2.57. The maximum absolute atomic E-state index is 12.9. The predicted octanol–water partition coefficient (Wildman–Crippen LogP) is 3.00. The molecule has 0 saturated heterocycles. The topological polar surface area (TPSA) is 75.3 Å². The van der Waals surface area contributed by atoms with Gasteiger partial charge in [0.05, 0.1) is 4.90 Å². The van der Waals surface area contributed by atoms with E-state index in [9.17, 15) is 17.6 Å². The number of rotatable bonds is 8. The van der Waals surface area contributed by atoms with E-state index in [1.165, 1.54) is 12.1 Å². The van der Waals surface area contributed by atoms with Gasteiger partial charge in [0, 0.05) is 23.5 Å². The summed E-state index contributed by atoms with van der Waals surface area (Å²) in [5.41, 5.74) is 1.10. The van der Waals surface area contributed by atoms with Gasteiger partial charge in [-0.2, -0.15) is 0 Å². The normalized spacial score (nSPS) is 12.6. The summed E-state index contributed by atoms with van der Waals surface area (Å²) in [6.07, 6.45) is 0.700. The van der Waals surface area contributed by atoms with E-state index < -0.39 is 15.8 Å². The van der Waals surface area contributed by atoms with Crippen molar-refractivity contribution in [3.8, 4) is 0 Å². The SMILES string of the molecule is CC(Cc1ccc(Br)cc1)NC(=O)CCNS(=O)(=O)c1ccc(F)cc1. The molecule has 1 atom stereocenters. The number of hydrogen-bond acceptors (Lipinski definition) is 3. The first-order chi connectivity index (χ1) is 12.3. The largest absolute Gasteiger partial charge is 0.353 e. The maximum atomic E-state index is 12.9. The van der Waals surface area contributed by atoms with Crippen LogP contribution in [0.2, 0.25) is 0 Å². The van der Waals surface area contributed by atoms with Crippen LogP contribution in [0.25, 0.3) is 0 Å². The van der Waals surface area contributed by atoms with Gasteiger partial charge in [0.1, 0.15) is 5.82 Å². The van der Waals surface area contributed by atoms with Gasteiger partial charge in [-0.25, -0.2) is 17.5 Å². The van der Waals surface area contributed by atoms with Crippen LogP contribution < -0.4 is 10.0 Å². The quantitative estimate of drug-likeness (QED) is 0.659. The Labute approximate surface area is 161 Å². The van der Waals surface area contributed by atoms with Gasteiger partial charge in [-0.15, -0.1) is 0 Å². The van der Waals surface area contributed by atoms with Crippen molar-refractivity contribution in [2.75, 3.05) is 6.54 Å². The number of halogens is 2. The van der Waals surface area contributed by atoms with Gasteiger partial charge in [-0.1, -0.05) is 28.1 Å². The van der Waals surface area contributed by atoms with Gasteiger partial charge in [0.15, 0.2) is 0 Å². The van der Waals surface area contributed by atoms with Crippen molar-refractivity contribution in [3.05, 3.63) is 64.4 Å². The minimum absolute atomic E-state index is 0.0190. The summed E-state index contributed by atoms with van der Waals surface area (Å²) in [6, 6.07) is 12.3. The molecule has 0 saturated carbocycles. The number of hydrogen-bond donors (Lipinski definition) is 2. The van der Waals surface area contributed by atoms with Gasteiger partial charge in [0.2, 0.25) is 15.9 Å². The standard InChI is InChI=1S/C18H20BrFN2O3S/c1-13(12-14-2-4-15(19)5-3-14)22-18(23)10-11-21-26(24,25)17-8-6-16(20)7-9-17/h2-9,13,21H,10-12H2,1H3,(H,22,23). The fourth-order valence-corrected chi connectivity index (χ4v) is 3.66. The highest BCUT2D eigenvalue weighted by Gasteiger charge is 2.15. The summed E-state index contributed by atoms with van der Waals surface area (Å²) < 4.78 is 40.3. The van der Waals surface area contributed by atoms with E-state index in [1.54, 1.807) is 0 Å². The van der Waals surface area contributed by atoms with Crippen LogP contribution in [-0.4, -0.2) is 26.9 Å². The monoisotopic (exact) mass is 442 g/mol. The van der Waals surface area contributed by atoms with Gasteiger partial charge in [-0.05, 0) is 55.3 Å². The third kappa shape index (κ3) is 6.51. The lowest BCUT2D eigenvalue weighted by atomic mass is 10.1. The lowest BCUT2D eigenvalue weighted by Gasteiger charge is -2.14. The zero-order valence-electron chi connectivity index (χ0n) is 14.2. The van der Waals surface area contributed by atoms with Crippen LogP contribution in [0.4, 0.5) is 4.39 Å². The molecular weight excluding hydrogens is 423 g/mol. The third-order valence-corrected chi connectivity index (χ3v) is 5.64. The molecule has 140 valence electrons. The first-order valence-electron chi connectivity index (χ1n) is 8.05. The lowest BCUT2D eigenvalue weighted by molar-refractivity contribution is -0.121. The zero-order valence-corrected chi connectivity index (χ0v) is 16.6. The number of carbonyl (C=O) groups excluding carboxylic acids is 1. The third-order valence-electron chi connectivity index (χ3n) is 3.63. The first kappa shape index (κ1) is 20.5. The predicted molar refractivity (Wildman–Crippen MR) is 102 cm³/mol. The van der Waals surface area contributed by atoms with Crippen molar-refractivity contribution >= 4 is 31.9 Å². The fraction of sp³-hybridized carbons (Fsp3) is 0.278. The minimum atomic E-state index is -3.75. The highest BCUT2D eigenvalue weighted by Crippen LogP contribution is 2.12. The Hall–Kier alpha value is -1.77. The van der Waals surface area contributed by atoms with Crippen molar-refractivity contribution in [1.29, 1.82) is 0 Å². The molecule has 0 bridgehead atoms. The Kier molecular flexibility index (Phi) is 7.31.